The Balaban J connectivity index is 2.44. The number of amides is 1. The monoisotopic (exact) mass is 269 g/mol. The molecule has 5 heteroatoms. The zero-order valence-corrected chi connectivity index (χ0v) is 11.1. The molecule has 0 spiro atoms. The van der Waals surface area contributed by atoms with Gasteiger partial charge in [-0.2, -0.15) is 0 Å². The summed E-state index contributed by atoms with van der Waals surface area (Å²) in [6.07, 6.45) is 0.859. The molecule has 3 nitrogen and oxygen atoms in total. The standard InChI is InChI=1S/C14H17F2NO2/c1-10(18)3-6-14(19)17(2)8-7-11-4-5-12(15)13(16)9-11/h4-5,9H,3,6-8H2,1-2H3. The summed E-state index contributed by atoms with van der Waals surface area (Å²) < 4.78 is 25.7. The molecule has 0 saturated carbocycles. The number of carbonyl (C=O) groups is 2. The summed E-state index contributed by atoms with van der Waals surface area (Å²) in [5.74, 6) is -1.92. The SMILES string of the molecule is CC(=O)CCC(=O)N(C)CCc1ccc(F)c(F)c1. The number of hydrogen-bond acceptors (Lipinski definition) is 2. The maximum absolute atomic E-state index is 13.0. The number of benzene rings is 1. The minimum Gasteiger partial charge on any atom is -0.345 e. The van der Waals surface area contributed by atoms with E-state index in [1.807, 2.05) is 0 Å². The van der Waals surface area contributed by atoms with Crippen LogP contribution in [0.1, 0.15) is 25.3 Å². The van der Waals surface area contributed by atoms with Gasteiger partial charge in [0.25, 0.3) is 0 Å². The lowest BCUT2D eigenvalue weighted by Crippen LogP contribution is -2.29. The molecule has 1 rings (SSSR count). The fourth-order valence-electron chi connectivity index (χ4n) is 1.59. The minimum atomic E-state index is -0.886. The molecule has 0 radical (unpaired) electrons. The van der Waals surface area contributed by atoms with Crippen LogP contribution in [0.25, 0.3) is 0 Å². The van der Waals surface area contributed by atoms with Crippen molar-refractivity contribution in [3.63, 3.8) is 0 Å². The van der Waals surface area contributed by atoms with Crippen LogP contribution in [0, 0.1) is 11.6 Å². The predicted molar refractivity (Wildman–Crippen MR) is 67.6 cm³/mol. The Labute approximate surface area is 111 Å². The van der Waals surface area contributed by atoms with Crippen LogP contribution in [0.5, 0.6) is 0 Å². The van der Waals surface area contributed by atoms with E-state index < -0.39 is 11.6 Å². The van der Waals surface area contributed by atoms with Crippen molar-refractivity contribution in [3.8, 4) is 0 Å². The molecule has 19 heavy (non-hydrogen) atoms. The van der Waals surface area contributed by atoms with Crippen molar-refractivity contribution in [2.45, 2.75) is 26.2 Å². The number of carbonyl (C=O) groups excluding carboxylic acids is 2. The van der Waals surface area contributed by atoms with Crippen molar-refractivity contribution in [1.82, 2.24) is 4.90 Å². The highest BCUT2D eigenvalue weighted by Gasteiger charge is 2.10. The van der Waals surface area contributed by atoms with Gasteiger partial charge < -0.3 is 9.69 Å². The van der Waals surface area contributed by atoms with Crippen molar-refractivity contribution >= 4 is 11.7 Å². The third kappa shape index (κ3) is 5.16. The van der Waals surface area contributed by atoms with E-state index >= 15 is 0 Å². The van der Waals surface area contributed by atoms with Crippen molar-refractivity contribution in [2.24, 2.45) is 0 Å². The van der Waals surface area contributed by atoms with Gasteiger partial charge in [-0.25, -0.2) is 8.78 Å². The molecule has 1 aromatic carbocycles. The van der Waals surface area contributed by atoms with Crippen molar-refractivity contribution in [1.29, 1.82) is 0 Å². The van der Waals surface area contributed by atoms with E-state index in [0.717, 1.165) is 12.1 Å². The highest BCUT2D eigenvalue weighted by molar-refractivity contribution is 5.83. The lowest BCUT2D eigenvalue weighted by Gasteiger charge is -2.16. The van der Waals surface area contributed by atoms with Gasteiger partial charge in [0, 0.05) is 26.4 Å². The molecule has 0 heterocycles. The molecule has 0 atom stereocenters. The Morgan fingerprint density at radius 3 is 2.42 bits per heavy atom. The number of ketones is 1. The average Bonchev–Trinajstić information content (AvgIpc) is 2.36. The van der Waals surface area contributed by atoms with Gasteiger partial charge in [-0.05, 0) is 31.0 Å². The molecule has 104 valence electrons. The summed E-state index contributed by atoms with van der Waals surface area (Å²) in [6.45, 7) is 1.84. The predicted octanol–water partition coefficient (Wildman–Crippen LogP) is 2.33. The average molecular weight is 269 g/mol. The summed E-state index contributed by atoms with van der Waals surface area (Å²) in [6, 6.07) is 3.69. The van der Waals surface area contributed by atoms with Gasteiger partial charge in [-0.3, -0.25) is 4.79 Å². The number of likely N-dealkylation sites (N-methyl/N-ethyl adjacent to an activating group) is 1. The number of hydrogen-bond donors (Lipinski definition) is 0. The summed E-state index contributed by atoms with van der Waals surface area (Å²) in [4.78, 5) is 23.9. The number of rotatable bonds is 6. The summed E-state index contributed by atoms with van der Waals surface area (Å²) in [5.41, 5.74) is 0.630. The van der Waals surface area contributed by atoms with E-state index in [4.69, 9.17) is 0 Å². The second kappa shape index (κ2) is 6.97. The first-order chi connectivity index (χ1) is 8.90. The maximum atomic E-state index is 13.0. The molecule has 0 aromatic heterocycles. The second-order valence-corrected chi connectivity index (χ2v) is 4.52. The molecule has 0 N–H and O–H groups in total. The van der Waals surface area contributed by atoms with Crippen molar-refractivity contribution < 1.29 is 18.4 Å². The van der Waals surface area contributed by atoms with Gasteiger partial charge in [-0.1, -0.05) is 6.07 Å². The van der Waals surface area contributed by atoms with E-state index in [-0.39, 0.29) is 24.5 Å². The molecule has 0 aliphatic rings. The minimum absolute atomic E-state index is 0.0256. The fraction of sp³-hybridized carbons (Fsp3) is 0.429. The van der Waals surface area contributed by atoms with E-state index in [2.05, 4.69) is 0 Å². The van der Waals surface area contributed by atoms with Crippen molar-refractivity contribution in [3.05, 3.63) is 35.4 Å². The van der Waals surface area contributed by atoms with E-state index in [1.54, 1.807) is 7.05 Å². The zero-order valence-electron chi connectivity index (χ0n) is 11.1. The number of Topliss-reactive ketones (excluding diaryl/α,β-unsaturated/α-hetero) is 1. The molecular weight excluding hydrogens is 252 g/mol. The normalized spacial score (nSPS) is 10.3. The van der Waals surface area contributed by atoms with Crippen LogP contribution in [0.4, 0.5) is 8.78 Å². The first-order valence-electron chi connectivity index (χ1n) is 6.07. The highest BCUT2D eigenvalue weighted by Crippen LogP contribution is 2.09. The molecule has 0 aliphatic heterocycles. The maximum Gasteiger partial charge on any atom is 0.222 e. The van der Waals surface area contributed by atoms with E-state index in [1.165, 1.54) is 17.9 Å². The first-order valence-corrected chi connectivity index (χ1v) is 6.07. The third-order valence-corrected chi connectivity index (χ3v) is 2.84. The number of nitrogens with zero attached hydrogens (tertiary/aromatic N) is 1. The molecule has 0 unspecified atom stereocenters. The molecule has 0 bridgehead atoms. The summed E-state index contributed by atoms with van der Waals surface area (Å²) >= 11 is 0. The van der Waals surface area contributed by atoms with E-state index in [9.17, 15) is 18.4 Å². The van der Waals surface area contributed by atoms with Crippen LogP contribution in [0.3, 0.4) is 0 Å². The summed E-state index contributed by atoms with van der Waals surface area (Å²) in [5, 5.41) is 0. The Bertz CT molecular complexity index is 475. The quantitative estimate of drug-likeness (QED) is 0.795. The van der Waals surface area contributed by atoms with Gasteiger partial charge in [0.15, 0.2) is 11.6 Å². The van der Waals surface area contributed by atoms with Gasteiger partial charge in [0.05, 0.1) is 0 Å². The van der Waals surface area contributed by atoms with E-state index in [0.29, 0.717) is 18.5 Å². The van der Waals surface area contributed by atoms with Crippen LogP contribution in [0.2, 0.25) is 0 Å². The molecule has 1 aromatic rings. The lowest BCUT2D eigenvalue weighted by atomic mass is 10.1. The molecule has 0 fully saturated rings. The van der Waals surface area contributed by atoms with Crippen LogP contribution in [-0.4, -0.2) is 30.2 Å². The summed E-state index contributed by atoms with van der Waals surface area (Å²) in [7, 11) is 1.63. The molecule has 1 amide bonds. The smallest absolute Gasteiger partial charge is 0.222 e. The van der Waals surface area contributed by atoms with Crippen LogP contribution in [0.15, 0.2) is 18.2 Å². The Morgan fingerprint density at radius 1 is 1.16 bits per heavy atom. The highest BCUT2D eigenvalue weighted by atomic mass is 19.2. The van der Waals surface area contributed by atoms with Gasteiger partial charge in [0.2, 0.25) is 5.91 Å². The molecular formula is C14H17F2NO2. The van der Waals surface area contributed by atoms with Gasteiger partial charge in [0.1, 0.15) is 5.78 Å². The Morgan fingerprint density at radius 2 is 1.84 bits per heavy atom. The fourth-order valence-corrected chi connectivity index (χ4v) is 1.59. The second-order valence-electron chi connectivity index (χ2n) is 4.52. The molecule has 0 aliphatic carbocycles. The van der Waals surface area contributed by atoms with Crippen LogP contribution in [-0.2, 0) is 16.0 Å². The Hall–Kier alpha value is -1.78. The topological polar surface area (TPSA) is 37.4 Å². The molecule has 0 saturated heterocycles. The number of halogens is 2. The van der Waals surface area contributed by atoms with Crippen molar-refractivity contribution in [2.75, 3.05) is 13.6 Å². The van der Waals surface area contributed by atoms with Gasteiger partial charge in [-0.15, -0.1) is 0 Å². The van der Waals surface area contributed by atoms with Crippen LogP contribution >= 0.6 is 0 Å². The third-order valence-electron chi connectivity index (χ3n) is 2.84. The van der Waals surface area contributed by atoms with Crippen LogP contribution < -0.4 is 0 Å². The zero-order chi connectivity index (χ0) is 14.4. The van der Waals surface area contributed by atoms with Gasteiger partial charge >= 0.3 is 0 Å². The first kappa shape index (κ1) is 15.3. The Kier molecular flexibility index (Phi) is 5.60. The lowest BCUT2D eigenvalue weighted by molar-refractivity contribution is -0.131. The largest absolute Gasteiger partial charge is 0.345 e.